The van der Waals surface area contributed by atoms with Gasteiger partial charge in [0.2, 0.25) is 0 Å². The van der Waals surface area contributed by atoms with Crippen LogP contribution >= 0.6 is 0 Å². The standard InChI is InChI=1S/C53H103N3/c1-4-7-9-11-13-15-17-19-21-23-25-27-29-31-33-35-37-39-41-43-45-47-49-52-54-51(6-3)55-53(56-52)50-48-46-44-42-40-38-36-34-32-30-28-26-24-22-20-18-16-14-12-10-8-5-2/h4-50H2,1-3H3. The minimum atomic E-state index is 0.918. The number of nitrogens with zero attached hydrogens (tertiary/aromatic N) is 3. The molecule has 0 unspecified atom stereocenters. The van der Waals surface area contributed by atoms with Crippen molar-refractivity contribution in [3.63, 3.8) is 0 Å². The lowest BCUT2D eigenvalue weighted by Gasteiger charge is -2.07. The fraction of sp³-hybridized carbons (Fsp3) is 0.943. The Bertz CT molecular complexity index is 817. The van der Waals surface area contributed by atoms with Gasteiger partial charge in [-0.25, -0.2) is 15.0 Å². The summed E-state index contributed by atoms with van der Waals surface area (Å²) in [5.41, 5.74) is 0. The van der Waals surface area contributed by atoms with Gasteiger partial charge < -0.3 is 0 Å². The highest BCUT2D eigenvalue weighted by Crippen LogP contribution is 2.18. The molecule has 0 amide bonds. The second-order valence-corrected chi connectivity index (χ2v) is 18.3. The van der Waals surface area contributed by atoms with E-state index in [2.05, 4.69) is 20.8 Å². The average molecular weight is 782 g/mol. The molecule has 56 heavy (non-hydrogen) atoms. The molecule has 0 aromatic carbocycles. The SMILES string of the molecule is CCCCCCCCCCCCCCCCCCCCCCCCc1nc(CC)nc(CCCCCCCCCCCCCCCCCCCCCCCC)n1. The fourth-order valence-corrected chi connectivity index (χ4v) is 8.69. The van der Waals surface area contributed by atoms with E-state index in [0.717, 1.165) is 36.7 Å². The zero-order valence-corrected chi connectivity index (χ0v) is 39.1. The van der Waals surface area contributed by atoms with E-state index < -0.39 is 0 Å². The number of hydrogen-bond donors (Lipinski definition) is 0. The van der Waals surface area contributed by atoms with Gasteiger partial charge >= 0.3 is 0 Å². The van der Waals surface area contributed by atoms with Gasteiger partial charge in [0.05, 0.1) is 0 Å². The summed E-state index contributed by atoms with van der Waals surface area (Å²) in [4.78, 5) is 14.5. The van der Waals surface area contributed by atoms with Crippen LogP contribution < -0.4 is 0 Å². The van der Waals surface area contributed by atoms with Crippen molar-refractivity contribution >= 4 is 0 Å². The van der Waals surface area contributed by atoms with E-state index in [1.807, 2.05) is 0 Å². The van der Waals surface area contributed by atoms with E-state index >= 15 is 0 Å². The van der Waals surface area contributed by atoms with Gasteiger partial charge in [-0.15, -0.1) is 0 Å². The molecule has 0 atom stereocenters. The zero-order chi connectivity index (χ0) is 40.1. The van der Waals surface area contributed by atoms with Crippen LogP contribution in [0.4, 0.5) is 0 Å². The molecule has 1 heterocycles. The van der Waals surface area contributed by atoms with Gasteiger partial charge in [0.25, 0.3) is 0 Å². The molecule has 0 saturated heterocycles. The summed E-state index contributed by atoms with van der Waals surface area (Å²) in [6, 6.07) is 0. The van der Waals surface area contributed by atoms with Crippen molar-refractivity contribution in [3.8, 4) is 0 Å². The fourth-order valence-electron chi connectivity index (χ4n) is 8.69. The molecule has 0 radical (unpaired) electrons. The van der Waals surface area contributed by atoms with Crippen molar-refractivity contribution in [1.29, 1.82) is 0 Å². The Balaban J connectivity index is 1.87. The van der Waals surface area contributed by atoms with Crippen LogP contribution in [0.1, 0.15) is 321 Å². The summed E-state index contributed by atoms with van der Waals surface area (Å²) >= 11 is 0. The second-order valence-electron chi connectivity index (χ2n) is 18.3. The van der Waals surface area contributed by atoms with Crippen LogP contribution in [0.25, 0.3) is 0 Å². The Morgan fingerprint density at radius 1 is 0.196 bits per heavy atom. The lowest BCUT2D eigenvalue weighted by atomic mass is 10.0. The Hall–Kier alpha value is -0.990. The minimum Gasteiger partial charge on any atom is -0.218 e. The maximum absolute atomic E-state index is 4.91. The van der Waals surface area contributed by atoms with Gasteiger partial charge in [0.15, 0.2) is 0 Å². The molecule has 0 N–H and O–H groups in total. The van der Waals surface area contributed by atoms with Crippen molar-refractivity contribution < 1.29 is 0 Å². The number of aromatic nitrogens is 3. The molecule has 1 rings (SSSR count). The predicted octanol–water partition coefficient (Wildman–Crippen LogP) is 18.7. The highest BCUT2D eigenvalue weighted by atomic mass is 15.0. The third-order valence-electron chi connectivity index (χ3n) is 12.6. The van der Waals surface area contributed by atoms with E-state index in [9.17, 15) is 0 Å². The first-order valence-electron chi connectivity index (χ1n) is 26.5. The largest absolute Gasteiger partial charge is 0.218 e. The van der Waals surface area contributed by atoms with Crippen LogP contribution in [0, 0.1) is 0 Å². The molecule has 0 aliphatic carbocycles. The molecule has 0 spiro atoms. The summed E-state index contributed by atoms with van der Waals surface area (Å²) in [6.45, 7) is 6.80. The average Bonchev–Trinajstić information content (AvgIpc) is 3.21. The normalized spacial score (nSPS) is 11.6. The molecule has 3 heteroatoms. The summed E-state index contributed by atoms with van der Waals surface area (Å²) in [5.74, 6) is 3.11. The van der Waals surface area contributed by atoms with Crippen molar-refractivity contribution in [2.45, 2.75) is 323 Å². The Morgan fingerprint density at radius 3 is 0.536 bits per heavy atom. The Labute approximate surface area is 353 Å². The monoisotopic (exact) mass is 782 g/mol. The quantitative estimate of drug-likeness (QED) is 0.0618. The highest BCUT2D eigenvalue weighted by Gasteiger charge is 2.06. The van der Waals surface area contributed by atoms with E-state index in [0.29, 0.717) is 0 Å². The summed E-state index contributed by atoms with van der Waals surface area (Å²) < 4.78 is 0. The first kappa shape index (κ1) is 53.0. The predicted molar refractivity (Wildman–Crippen MR) is 251 cm³/mol. The van der Waals surface area contributed by atoms with Crippen molar-refractivity contribution in [3.05, 3.63) is 17.5 Å². The maximum atomic E-state index is 4.91. The molecule has 1 aromatic heterocycles. The van der Waals surface area contributed by atoms with Gasteiger partial charge in [-0.05, 0) is 12.8 Å². The molecule has 0 aliphatic rings. The molecule has 0 saturated carbocycles. The molecule has 1 aromatic rings. The van der Waals surface area contributed by atoms with Crippen LogP contribution in [0.3, 0.4) is 0 Å². The van der Waals surface area contributed by atoms with Gasteiger partial charge in [0, 0.05) is 19.3 Å². The van der Waals surface area contributed by atoms with Crippen LogP contribution in [0.15, 0.2) is 0 Å². The van der Waals surface area contributed by atoms with Crippen LogP contribution in [0.5, 0.6) is 0 Å². The van der Waals surface area contributed by atoms with E-state index in [-0.39, 0.29) is 0 Å². The van der Waals surface area contributed by atoms with Crippen LogP contribution in [-0.2, 0) is 19.3 Å². The molecule has 330 valence electrons. The smallest absolute Gasteiger partial charge is 0.132 e. The van der Waals surface area contributed by atoms with Crippen molar-refractivity contribution in [2.75, 3.05) is 0 Å². The minimum absolute atomic E-state index is 0.918. The summed E-state index contributed by atoms with van der Waals surface area (Å²) in [5, 5.41) is 0. The third kappa shape index (κ3) is 38.5. The van der Waals surface area contributed by atoms with Crippen molar-refractivity contribution in [2.24, 2.45) is 0 Å². The summed E-state index contributed by atoms with van der Waals surface area (Å²) in [6.07, 6.45) is 66.1. The maximum Gasteiger partial charge on any atom is 0.132 e. The Morgan fingerprint density at radius 2 is 0.357 bits per heavy atom. The van der Waals surface area contributed by atoms with Gasteiger partial charge in [-0.1, -0.05) is 290 Å². The zero-order valence-electron chi connectivity index (χ0n) is 39.1. The number of rotatable bonds is 47. The second kappa shape index (κ2) is 45.1. The van der Waals surface area contributed by atoms with Gasteiger partial charge in [-0.3, -0.25) is 0 Å². The third-order valence-corrected chi connectivity index (χ3v) is 12.6. The molecule has 0 aliphatic heterocycles. The number of unbranched alkanes of at least 4 members (excludes halogenated alkanes) is 42. The van der Waals surface area contributed by atoms with E-state index in [1.54, 1.807) is 0 Å². The van der Waals surface area contributed by atoms with Crippen LogP contribution in [-0.4, -0.2) is 15.0 Å². The molecular weight excluding hydrogens is 679 g/mol. The van der Waals surface area contributed by atoms with Gasteiger partial charge in [0.1, 0.15) is 17.5 Å². The summed E-state index contributed by atoms with van der Waals surface area (Å²) in [7, 11) is 0. The first-order chi connectivity index (χ1) is 27.8. The lowest BCUT2D eigenvalue weighted by molar-refractivity contribution is 0.518. The number of aryl methyl sites for hydroxylation is 3. The van der Waals surface area contributed by atoms with Gasteiger partial charge in [-0.2, -0.15) is 0 Å². The highest BCUT2D eigenvalue weighted by molar-refractivity contribution is 4.98. The first-order valence-corrected chi connectivity index (χ1v) is 26.5. The molecule has 0 bridgehead atoms. The lowest BCUT2D eigenvalue weighted by Crippen LogP contribution is -2.07. The number of hydrogen-bond acceptors (Lipinski definition) is 3. The van der Waals surface area contributed by atoms with E-state index in [4.69, 9.17) is 15.0 Å². The molecule has 0 fully saturated rings. The molecule has 3 nitrogen and oxygen atoms in total. The van der Waals surface area contributed by atoms with Crippen molar-refractivity contribution in [1.82, 2.24) is 15.0 Å². The molecular formula is C53H103N3. The Kier molecular flexibility index (Phi) is 42.7. The van der Waals surface area contributed by atoms with Crippen LogP contribution in [0.2, 0.25) is 0 Å². The van der Waals surface area contributed by atoms with E-state index in [1.165, 1.54) is 283 Å². The topological polar surface area (TPSA) is 38.7 Å².